The molecule has 0 saturated carbocycles. The molecular formula is C64H55NO. The van der Waals surface area contributed by atoms with Gasteiger partial charge in [0.25, 0.3) is 0 Å². The molecule has 0 spiro atoms. The molecule has 0 bridgehead atoms. The summed E-state index contributed by atoms with van der Waals surface area (Å²) >= 11 is 0. The van der Waals surface area contributed by atoms with Gasteiger partial charge < -0.3 is 9.32 Å². The largest absolute Gasteiger partial charge is 0.456 e. The molecular weight excluding hydrogens is 799 g/mol. The third kappa shape index (κ3) is 5.48. The maximum absolute atomic E-state index is 6.99. The smallest absolute Gasteiger partial charge is 0.135 e. The second-order valence-electron chi connectivity index (χ2n) is 19.0. The molecule has 0 radical (unpaired) electrons. The Kier molecular flexibility index (Phi) is 9.65. The van der Waals surface area contributed by atoms with E-state index in [1.807, 2.05) is 6.08 Å². The van der Waals surface area contributed by atoms with Crippen LogP contribution < -0.4 is 4.90 Å². The van der Waals surface area contributed by atoms with E-state index < -0.39 is 5.41 Å². The molecule has 0 amide bonds. The van der Waals surface area contributed by atoms with E-state index in [0.29, 0.717) is 0 Å². The standard InChI is InChI=1S/C64H55NO/c1-4-25-48-49-34-18-21-37-53(49)63(52(48)5-2,44-26-10-6-11-27-44)61-56(41-42-58-59(61)51-36-20-23-40-57(51)66-58)65(47-32-16-9-17-33-47)55-39-24-43-62(3)60(55)50-35-19-22-38-54(50)64(62,45-28-12-7-13-29-45)46-30-14-8-15-31-46/h4-19,21-30,32,34-35,37-43,46-47,60H,1,20,31,33,36H2,2-3H3/b48-25-,52-5+. The van der Waals surface area contributed by atoms with E-state index in [1.165, 1.54) is 72.4 Å². The third-order valence-corrected chi connectivity index (χ3v) is 16.0. The van der Waals surface area contributed by atoms with Gasteiger partial charge in [0.2, 0.25) is 0 Å². The molecule has 322 valence electrons. The highest BCUT2D eigenvalue weighted by Gasteiger charge is 2.64. The van der Waals surface area contributed by atoms with E-state index >= 15 is 0 Å². The summed E-state index contributed by atoms with van der Waals surface area (Å²) in [5, 5.41) is 1.23. The summed E-state index contributed by atoms with van der Waals surface area (Å²) in [4.78, 5) is 2.78. The second kappa shape index (κ2) is 15.8. The van der Waals surface area contributed by atoms with E-state index in [9.17, 15) is 0 Å². The molecule has 2 heteroatoms. The van der Waals surface area contributed by atoms with Crippen molar-refractivity contribution >= 4 is 28.3 Å². The zero-order valence-corrected chi connectivity index (χ0v) is 37.9. The van der Waals surface area contributed by atoms with Crippen LogP contribution >= 0.6 is 0 Å². The van der Waals surface area contributed by atoms with Gasteiger partial charge in [-0.1, -0.05) is 208 Å². The third-order valence-electron chi connectivity index (χ3n) is 16.0. The Morgan fingerprint density at radius 3 is 2.20 bits per heavy atom. The molecule has 2 nitrogen and oxygen atoms in total. The maximum atomic E-state index is 6.99. The average molecular weight is 854 g/mol. The molecule has 0 aliphatic heterocycles. The first-order valence-electron chi connectivity index (χ1n) is 24.0. The lowest BCUT2D eigenvalue weighted by Crippen LogP contribution is -2.50. The van der Waals surface area contributed by atoms with Gasteiger partial charge in [-0.25, -0.2) is 0 Å². The quantitative estimate of drug-likeness (QED) is 0.152. The molecule has 5 aromatic carbocycles. The first-order valence-corrected chi connectivity index (χ1v) is 24.0. The number of hydrogen-bond donors (Lipinski definition) is 0. The highest BCUT2D eigenvalue weighted by molar-refractivity contribution is 6.03. The molecule has 12 rings (SSSR count). The Labute approximate surface area is 390 Å². The number of fused-ring (bicyclic) bond motifs is 7. The van der Waals surface area contributed by atoms with Crippen LogP contribution in [-0.2, 0) is 17.3 Å². The number of allylic oxidation sites excluding steroid dienone is 16. The Hall–Kier alpha value is -7.16. The molecule has 6 aromatic rings. The van der Waals surface area contributed by atoms with Crippen LogP contribution in [0.15, 0.2) is 235 Å². The minimum Gasteiger partial charge on any atom is -0.456 e. The number of furan rings is 1. The fourth-order valence-corrected chi connectivity index (χ4v) is 13.7. The Bertz CT molecular complexity index is 3210. The minimum absolute atomic E-state index is 0.0308. The monoisotopic (exact) mass is 853 g/mol. The van der Waals surface area contributed by atoms with Gasteiger partial charge in [-0.3, -0.25) is 0 Å². The lowest BCUT2D eigenvalue weighted by atomic mass is 9.51. The predicted molar refractivity (Wildman–Crippen MR) is 276 cm³/mol. The molecule has 6 aliphatic rings. The molecule has 6 unspecified atom stereocenters. The Morgan fingerprint density at radius 1 is 0.727 bits per heavy atom. The summed E-state index contributed by atoms with van der Waals surface area (Å²) in [6, 6.07) is 46.0. The lowest BCUT2D eigenvalue weighted by molar-refractivity contribution is 0.184. The van der Waals surface area contributed by atoms with Gasteiger partial charge >= 0.3 is 0 Å². The summed E-state index contributed by atoms with van der Waals surface area (Å²) in [5.74, 6) is 1.25. The van der Waals surface area contributed by atoms with Crippen LogP contribution in [0.3, 0.4) is 0 Å². The average Bonchev–Trinajstić information content (AvgIpc) is 3.98. The van der Waals surface area contributed by atoms with E-state index in [2.05, 4.69) is 238 Å². The van der Waals surface area contributed by atoms with Crippen molar-refractivity contribution in [2.45, 2.75) is 62.3 Å². The Morgan fingerprint density at radius 2 is 1.45 bits per heavy atom. The molecule has 6 aliphatic carbocycles. The van der Waals surface area contributed by atoms with Crippen molar-refractivity contribution in [2.24, 2.45) is 11.3 Å². The van der Waals surface area contributed by atoms with Gasteiger partial charge in [0.1, 0.15) is 11.3 Å². The minimum atomic E-state index is -0.712. The number of hydrogen-bond acceptors (Lipinski definition) is 2. The molecule has 1 aromatic heterocycles. The lowest BCUT2D eigenvalue weighted by Gasteiger charge is -2.53. The van der Waals surface area contributed by atoms with Crippen molar-refractivity contribution in [3.05, 3.63) is 281 Å². The summed E-state index contributed by atoms with van der Waals surface area (Å²) in [7, 11) is 0. The number of aryl methyl sites for hydroxylation is 1. The molecule has 0 saturated heterocycles. The zero-order chi connectivity index (χ0) is 44.5. The number of anilines is 1. The van der Waals surface area contributed by atoms with Gasteiger partial charge in [0, 0.05) is 44.6 Å². The summed E-state index contributed by atoms with van der Waals surface area (Å²) in [6.45, 7) is 9.07. The second-order valence-corrected chi connectivity index (χ2v) is 19.0. The molecule has 0 N–H and O–H groups in total. The maximum Gasteiger partial charge on any atom is 0.135 e. The number of nitrogens with zero attached hydrogens (tertiary/aromatic N) is 1. The molecule has 6 atom stereocenters. The van der Waals surface area contributed by atoms with Crippen LogP contribution in [0.5, 0.6) is 0 Å². The zero-order valence-electron chi connectivity index (χ0n) is 37.9. The molecule has 0 fully saturated rings. The fourth-order valence-electron chi connectivity index (χ4n) is 13.7. The van der Waals surface area contributed by atoms with Gasteiger partial charge in [-0.15, -0.1) is 0 Å². The van der Waals surface area contributed by atoms with Crippen molar-refractivity contribution in [3.8, 4) is 0 Å². The van der Waals surface area contributed by atoms with E-state index in [4.69, 9.17) is 4.42 Å². The fraction of sp³-hybridized carbons (Fsp3) is 0.188. The molecule has 66 heavy (non-hydrogen) atoms. The van der Waals surface area contributed by atoms with Crippen molar-refractivity contribution in [3.63, 3.8) is 0 Å². The van der Waals surface area contributed by atoms with Gasteiger partial charge in [0.15, 0.2) is 0 Å². The van der Waals surface area contributed by atoms with E-state index in [1.54, 1.807) is 0 Å². The molecule has 1 heterocycles. The van der Waals surface area contributed by atoms with E-state index in [-0.39, 0.29) is 28.7 Å². The van der Waals surface area contributed by atoms with Crippen molar-refractivity contribution in [1.82, 2.24) is 0 Å². The first kappa shape index (κ1) is 40.4. The van der Waals surface area contributed by atoms with Crippen LogP contribution in [-0.4, -0.2) is 6.04 Å². The number of benzene rings is 5. The highest BCUT2D eigenvalue weighted by atomic mass is 16.3. The van der Waals surface area contributed by atoms with Crippen molar-refractivity contribution in [2.75, 3.05) is 4.90 Å². The predicted octanol–water partition coefficient (Wildman–Crippen LogP) is 15.6. The summed E-state index contributed by atoms with van der Waals surface area (Å²) < 4.78 is 6.99. The van der Waals surface area contributed by atoms with Gasteiger partial charge in [0.05, 0.1) is 11.5 Å². The highest BCUT2D eigenvalue weighted by Crippen LogP contribution is 2.70. The van der Waals surface area contributed by atoms with Gasteiger partial charge in [-0.2, -0.15) is 0 Å². The van der Waals surface area contributed by atoms with Crippen molar-refractivity contribution in [1.29, 1.82) is 0 Å². The van der Waals surface area contributed by atoms with Crippen LogP contribution in [0.25, 0.3) is 22.6 Å². The van der Waals surface area contributed by atoms with Crippen LogP contribution in [0.2, 0.25) is 0 Å². The van der Waals surface area contributed by atoms with Gasteiger partial charge in [-0.05, 0) is 107 Å². The van der Waals surface area contributed by atoms with Crippen LogP contribution in [0, 0.1) is 11.3 Å². The summed E-state index contributed by atoms with van der Waals surface area (Å²) in [6.07, 6.45) is 40.9. The van der Waals surface area contributed by atoms with E-state index in [0.717, 1.165) is 37.0 Å². The van der Waals surface area contributed by atoms with Crippen LogP contribution in [0.1, 0.15) is 89.3 Å². The van der Waals surface area contributed by atoms with Crippen LogP contribution in [0.4, 0.5) is 5.69 Å². The summed E-state index contributed by atoms with van der Waals surface area (Å²) in [5.41, 5.74) is 15.1. The van der Waals surface area contributed by atoms with Crippen molar-refractivity contribution < 1.29 is 4.42 Å². The Balaban J connectivity index is 1.21. The normalized spacial score (nSPS) is 27.8. The topological polar surface area (TPSA) is 16.4 Å². The first-order chi connectivity index (χ1) is 32.6. The SMILES string of the molecule is C=C/C=C1\C(=C/C)C(c2ccccc2)(c2c(N(C3=CC=CC4(C)C3c3ccccc3C4(c3ccccc3)C3C=CC=CC3)C3C=CC=CC3)ccc3oc4c(c23)CCC=C4)c2ccccc21. The number of rotatable bonds is 8.